The number of rotatable bonds is 4. The van der Waals surface area contributed by atoms with Gasteiger partial charge in [0.2, 0.25) is 5.91 Å². The predicted octanol–water partition coefficient (Wildman–Crippen LogP) is 1.94. The molecule has 1 amide bonds. The summed E-state index contributed by atoms with van der Waals surface area (Å²) >= 11 is 0. The molecule has 1 N–H and O–H groups in total. The van der Waals surface area contributed by atoms with Crippen LogP contribution in [0.4, 0.5) is 0 Å². The van der Waals surface area contributed by atoms with Crippen LogP contribution in [0.5, 0.6) is 0 Å². The highest BCUT2D eigenvalue weighted by molar-refractivity contribution is 5.78. The highest BCUT2D eigenvalue weighted by Gasteiger charge is 2.24. The van der Waals surface area contributed by atoms with Crippen LogP contribution in [0.15, 0.2) is 60.9 Å². The van der Waals surface area contributed by atoms with Gasteiger partial charge in [-0.05, 0) is 23.3 Å². The number of pyridine rings is 1. The lowest BCUT2D eigenvalue weighted by molar-refractivity contribution is -0.132. The maximum Gasteiger partial charge on any atom is 0.227 e. The molecule has 0 saturated heterocycles. The molecule has 0 radical (unpaired) electrons. The lowest BCUT2D eigenvalue weighted by atomic mass is 10.1. The van der Waals surface area contributed by atoms with Crippen molar-refractivity contribution < 1.29 is 9.90 Å². The van der Waals surface area contributed by atoms with E-state index in [0.717, 1.165) is 16.8 Å². The third-order valence-electron chi connectivity index (χ3n) is 4.64. The molecule has 2 aromatic heterocycles. The van der Waals surface area contributed by atoms with Crippen molar-refractivity contribution in [2.45, 2.75) is 25.6 Å². The number of amides is 1. The van der Waals surface area contributed by atoms with E-state index in [2.05, 4.69) is 10.1 Å². The van der Waals surface area contributed by atoms with Crippen LogP contribution in [-0.4, -0.2) is 37.2 Å². The fourth-order valence-corrected chi connectivity index (χ4v) is 3.23. The zero-order valence-electron chi connectivity index (χ0n) is 14.3. The SMILES string of the molecule is O=C(Cc1cccnc1)N1CCn2nc([C@@H](O)c3ccccc3)cc2C1. The molecule has 3 aromatic rings. The van der Waals surface area contributed by atoms with Crippen LogP contribution in [0.1, 0.15) is 28.6 Å². The first-order valence-corrected chi connectivity index (χ1v) is 8.67. The maximum atomic E-state index is 12.6. The smallest absolute Gasteiger partial charge is 0.227 e. The van der Waals surface area contributed by atoms with Crippen molar-refractivity contribution in [1.29, 1.82) is 0 Å². The van der Waals surface area contributed by atoms with Crippen molar-refractivity contribution in [1.82, 2.24) is 19.7 Å². The minimum atomic E-state index is -0.756. The highest BCUT2D eigenvalue weighted by Crippen LogP contribution is 2.23. The summed E-state index contributed by atoms with van der Waals surface area (Å²) in [6.07, 6.45) is 3.02. The second-order valence-corrected chi connectivity index (χ2v) is 6.45. The molecule has 0 unspecified atom stereocenters. The van der Waals surface area contributed by atoms with E-state index in [1.54, 1.807) is 12.4 Å². The van der Waals surface area contributed by atoms with Crippen LogP contribution in [-0.2, 0) is 24.3 Å². The van der Waals surface area contributed by atoms with Crippen molar-refractivity contribution in [3.63, 3.8) is 0 Å². The first kappa shape index (κ1) is 16.5. The van der Waals surface area contributed by atoms with Gasteiger partial charge in [-0.2, -0.15) is 5.10 Å². The molecule has 0 fully saturated rings. The van der Waals surface area contributed by atoms with Crippen molar-refractivity contribution in [3.8, 4) is 0 Å². The van der Waals surface area contributed by atoms with Crippen molar-refractivity contribution in [2.75, 3.05) is 6.54 Å². The molecule has 0 spiro atoms. The highest BCUT2D eigenvalue weighted by atomic mass is 16.3. The number of carbonyl (C=O) groups is 1. The van der Waals surface area contributed by atoms with Gasteiger partial charge in [0.25, 0.3) is 0 Å². The Kier molecular flexibility index (Phi) is 4.50. The monoisotopic (exact) mass is 348 g/mol. The Morgan fingerprint density at radius 2 is 2.00 bits per heavy atom. The molecule has 1 atom stereocenters. The predicted molar refractivity (Wildman–Crippen MR) is 96.1 cm³/mol. The van der Waals surface area contributed by atoms with Gasteiger partial charge >= 0.3 is 0 Å². The Balaban J connectivity index is 1.47. The molecule has 26 heavy (non-hydrogen) atoms. The van der Waals surface area contributed by atoms with Gasteiger partial charge in [-0.3, -0.25) is 14.5 Å². The van der Waals surface area contributed by atoms with E-state index < -0.39 is 6.10 Å². The van der Waals surface area contributed by atoms with Gasteiger partial charge in [-0.1, -0.05) is 36.4 Å². The molecule has 4 rings (SSSR count). The van der Waals surface area contributed by atoms with Gasteiger partial charge in [-0.15, -0.1) is 0 Å². The zero-order chi connectivity index (χ0) is 17.9. The van der Waals surface area contributed by atoms with Crippen molar-refractivity contribution >= 4 is 5.91 Å². The second kappa shape index (κ2) is 7.09. The third-order valence-corrected chi connectivity index (χ3v) is 4.64. The molecule has 0 bridgehead atoms. The Bertz CT molecular complexity index is 893. The molecule has 1 aliphatic rings. The standard InChI is InChI=1S/C20H20N4O2/c25-19(11-15-5-4-8-21-13-15)23-9-10-24-17(14-23)12-18(22-24)20(26)16-6-2-1-3-7-16/h1-8,12-13,20,26H,9-11,14H2/t20-/m0/s1. The van der Waals surface area contributed by atoms with Crippen LogP contribution in [0.3, 0.4) is 0 Å². The van der Waals surface area contributed by atoms with Gasteiger partial charge < -0.3 is 10.0 Å². The van der Waals surface area contributed by atoms with E-state index in [9.17, 15) is 9.90 Å². The molecular weight excluding hydrogens is 328 g/mol. The topological polar surface area (TPSA) is 71.2 Å². The first-order valence-electron chi connectivity index (χ1n) is 8.67. The minimum Gasteiger partial charge on any atom is -0.382 e. The lowest BCUT2D eigenvalue weighted by Crippen LogP contribution is -2.39. The molecule has 6 heteroatoms. The largest absolute Gasteiger partial charge is 0.382 e. The van der Waals surface area contributed by atoms with Crippen molar-refractivity contribution in [3.05, 3.63) is 83.4 Å². The Morgan fingerprint density at radius 3 is 2.77 bits per heavy atom. The van der Waals surface area contributed by atoms with E-state index >= 15 is 0 Å². The fraction of sp³-hybridized carbons (Fsp3) is 0.250. The number of aliphatic hydroxyl groups excluding tert-OH is 1. The second-order valence-electron chi connectivity index (χ2n) is 6.45. The number of nitrogens with zero attached hydrogens (tertiary/aromatic N) is 4. The normalized spacial score (nSPS) is 14.7. The number of hydrogen-bond acceptors (Lipinski definition) is 4. The zero-order valence-corrected chi connectivity index (χ0v) is 14.3. The van der Waals surface area contributed by atoms with Gasteiger partial charge in [-0.25, -0.2) is 0 Å². The van der Waals surface area contributed by atoms with Crippen molar-refractivity contribution in [2.24, 2.45) is 0 Å². The quantitative estimate of drug-likeness (QED) is 0.782. The summed E-state index contributed by atoms with van der Waals surface area (Å²) in [6, 6.07) is 15.1. The first-order chi connectivity index (χ1) is 12.7. The maximum absolute atomic E-state index is 12.6. The minimum absolute atomic E-state index is 0.0793. The van der Waals surface area contributed by atoms with Crippen LogP contribution < -0.4 is 0 Å². The number of aliphatic hydroxyl groups is 1. The number of hydrogen-bond donors (Lipinski definition) is 1. The van der Waals surface area contributed by atoms with Crippen LogP contribution in [0.25, 0.3) is 0 Å². The summed E-state index contributed by atoms with van der Waals surface area (Å²) in [5, 5.41) is 15.1. The molecule has 3 heterocycles. The molecule has 1 aliphatic heterocycles. The number of fused-ring (bicyclic) bond motifs is 1. The van der Waals surface area contributed by atoms with Gasteiger partial charge in [0.05, 0.1) is 30.9 Å². The Morgan fingerprint density at radius 1 is 1.15 bits per heavy atom. The summed E-state index contributed by atoms with van der Waals surface area (Å²) in [7, 11) is 0. The Hall–Kier alpha value is -2.99. The lowest BCUT2D eigenvalue weighted by Gasteiger charge is -2.27. The summed E-state index contributed by atoms with van der Waals surface area (Å²) < 4.78 is 1.88. The van der Waals surface area contributed by atoms with E-state index in [4.69, 9.17) is 0 Å². The molecule has 0 aliphatic carbocycles. The summed E-state index contributed by atoms with van der Waals surface area (Å²) in [5.74, 6) is 0.0793. The number of carbonyl (C=O) groups excluding carboxylic acids is 1. The van der Waals surface area contributed by atoms with E-state index in [1.165, 1.54) is 0 Å². The molecule has 132 valence electrons. The Labute approximate surface area is 151 Å². The van der Waals surface area contributed by atoms with Crippen LogP contribution >= 0.6 is 0 Å². The van der Waals surface area contributed by atoms with E-state index in [0.29, 0.717) is 31.7 Å². The summed E-state index contributed by atoms with van der Waals surface area (Å²) in [6.45, 7) is 1.76. The molecular formula is C20H20N4O2. The van der Waals surface area contributed by atoms with E-state index in [-0.39, 0.29) is 5.91 Å². The molecule has 0 saturated carbocycles. The molecule has 1 aromatic carbocycles. The number of aromatic nitrogens is 3. The van der Waals surface area contributed by atoms with Gasteiger partial charge in [0, 0.05) is 18.9 Å². The van der Waals surface area contributed by atoms with Crippen LogP contribution in [0, 0.1) is 0 Å². The van der Waals surface area contributed by atoms with Gasteiger partial charge in [0.1, 0.15) is 6.10 Å². The summed E-state index contributed by atoms with van der Waals surface area (Å²) in [5.41, 5.74) is 3.29. The number of benzene rings is 1. The summed E-state index contributed by atoms with van der Waals surface area (Å²) in [4.78, 5) is 18.5. The van der Waals surface area contributed by atoms with Gasteiger partial charge in [0.15, 0.2) is 0 Å². The molecule has 6 nitrogen and oxygen atoms in total. The average Bonchev–Trinajstić information content (AvgIpc) is 3.12. The van der Waals surface area contributed by atoms with E-state index in [1.807, 2.05) is 58.1 Å². The van der Waals surface area contributed by atoms with Crippen LogP contribution in [0.2, 0.25) is 0 Å². The fourth-order valence-electron chi connectivity index (χ4n) is 3.23. The third kappa shape index (κ3) is 3.36. The average molecular weight is 348 g/mol.